The van der Waals surface area contributed by atoms with Crippen LogP contribution in [0.25, 0.3) is 0 Å². The van der Waals surface area contributed by atoms with E-state index in [2.05, 4.69) is 42.7 Å². The first-order chi connectivity index (χ1) is 14.6. The van der Waals surface area contributed by atoms with E-state index in [0.29, 0.717) is 12.5 Å². The predicted octanol–water partition coefficient (Wildman–Crippen LogP) is 2.23. The van der Waals surface area contributed by atoms with Gasteiger partial charge in [-0.15, -0.1) is 24.0 Å². The first kappa shape index (κ1) is 23.5. The number of guanidine groups is 1. The second kappa shape index (κ2) is 10.9. The number of likely N-dealkylation sites (N-methyl/N-ethyl adjacent to an activating group) is 1. The van der Waals surface area contributed by atoms with Crippen LogP contribution in [0.1, 0.15) is 5.56 Å². The molecule has 1 aromatic carbocycles. The first-order valence-electron chi connectivity index (χ1n) is 10.5. The maximum absolute atomic E-state index is 13.1. The van der Waals surface area contributed by atoms with E-state index >= 15 is 0 Å². The van der Waals surface area contributed by atoms with E-state index in [1.54, 1.807) is 0 Å². The fraction of sp³-hybridized carbons (Fsp3) is 0.455. The third-order valence-corrected chi connectivity index (χ3v) is 5.88. The van der Waals surface area contributed by atoms with Crippen LogP contribution in [0.15, 0.2) is 47.6 Å². The number of aliphatic imine (C=N–C) groups is 1. The van der Waals surface area contributed by atoms with Gasteiger partial charge in [-0.25, -0.2) is 14.4 Å². The summed E-state index contributed by atoms with van der Waals surface area (Å²) in [6.45, 7) is 7.83. The van der Waals surface area contributed by atoms with E-state index in [1.807, 2.05) is 24.4 Å². The Balaban J connectivity index is 0.00000272. The van der Waals surface area contributed by atoms with Gasteiger partial charge in [-0.05, 0) is 37.4 Å². The molecule has 9 heteroatoms. The Kier molecular flexibility index (Phi) is 8.30. The second-order valence-electron chi connectivity index (χ2n) is 7.90. The third-order valence-electron chi connectivity index (χ3n) is 5.88. The van der Waals surface area contributed by atoms with Crippen LogP contribution in [0, 0.1) is 5.82 Å². The number of benzene rings is 1. The number of hydrogen-bond acceptors (Lipinski definition) is 5. The molecule has 0 atom stereocenters. The third kappa shape index (κ3) is 5.97. The first-order valence-corrected chi connectivity index (χ1v) is 10.5. The van der Waals surface area contributed by atoms with Crippen LogP contribution in [0.4, 0.5) is 15.9 Å². The summed E-state index contributed by atoms with van der Waals surface area (Å²) < 4.78 is 13.1. The molecule has 0 spiro atoms. The molecule has 1 aromatic heterocycles. The van der Waals surface area contributed by atoms with Crippen molar-refractivity contribution in [2.75, 3.05) is 69.2 Å². The molecule has 2 saturated heterocycles. The number of nitrogens with two attached hydrogens (primary N) is 1. The molecule has 0 unspecified atom stereocenters. The maximum atomic E-state index is 13.1. The number of halogens is 2. The smallest absolute Gasteiger partial charge is 0.191 e. The lowest BCUT2D eigenvalue weighted by molar-refractivity contribution is 0.312. The van der Waals surface area contributed by atoms with Gasteiger partial charge in [0.15, 0.2) is 5.96 Å². The molecule has 168 valence electrons. The van der Waals surface area contributed by atoms with Gasteiger partial charge < -0.3 is 25.3 Å². The van der Waals surface area contributed by atoms with Gasteiger partial charge in [0, 0.05) is 69.8 Å². The molecule has 3 heterocycles. The highest BCUT2D eigenvalue weighted by Gasteiger charge is 2.20. The minimum atomic E-state index is -0.208. The summed E-state index contributed by atoms with van der Waals surface area (Å²) in [5.74, 6) is 1.38. The van der Waals surface area contributed by atoms with Crippen molar-refractivity contribution in [1.29, 1.82) is 0 Å². The SMILES string of the molecule is CN1CCN(c2ncccc2CN=C(N)N2CCN(c3ccc(F)cc3)CC2)CC1.I. The summed E-state index contributed by atoms with van der Waals surface area (Å²) in [5, 5.41) is 0. The van der Waals surface area contributed by atoms with Gasteiger partial charge in [0.2, 0.25) is 0 Å². The average Bonchev–Trinajstić information content (AvgIpc) is 2.79. The van der Waals surface area contributed by atoms with Crippen molar-refractivity contribution >= 4 is 41.4 Å². The van der Waals surface area contributed by atoms with Crippen LogP contribution in [0.2, 0.25) is 0 Å². The summed E-state index contributed by atoms with van der Waals surface area (Å²) >= 11 is 0. The van der Waals surface area contributed by atoms with Crippen LogP contribution < -0.4 is 15.5 Å². The molecule has 2 aromatic rings. The van der Waals surface area contributed by atoms with Gasteiger partial charge in [-0.2, -0.15) is 0 Å². The monoisotopic (exact) mass is 539 g/mol. The van der Waals surface area contributed by atoms with Gasteiger partial charge >= 0.3 is 0 Å². The number of anilines is 2. The lowest BCUT2D eigenvalue weighted by atomic mass is 10.2. The molecule has 2 N–H and O–H groups in total. The summed E-state index contributed by atoms with van der Waals surface area (Å²) in [6, 6.07) is 10.7. The van der Waals surface area contributed by atoms with Crippen molar-refractivity contribution in [3.05, 3.63) is 54.0 Å². The number of piperazine rings is 2. The molecular formula is C22H31FIN7. The summed E-state index contributed by atoms with van der Waals surface area (Å²) in [4.78, 5) is 18.3. The molecule has 0 bridgehead atoms. The molecule has 0 saturated carbocycles. The highest BCUT2D eigenvalue weighted by atomic mass is 127. The highest BCUT2D eigenvalue weighted by molar-refractivity contribution is 14.0. The minimum absolute atomic E-state index is 0. The van der Waals surface area contributed by atoms with Gasteiger partial charge in [-0.3, -0.25) is 0 Å². The van der Waals surface area contributed by atoms with Crippen LogP contribution in [-0.2, 0) is 6.54 Å². The topological polar surface area (TPSA) is 64.2 Å². The molecule has 7 nitrogen and oxygen atoms in total. The van der Waals surface area contributed by atoms with Crippen molar-refractivity contribution in [2.24, 2.45) is 10.7 Å². The zero-order valence-corrected chi connectivity index (χ0v) is 20.3. The van der Waals surface area contributed by atoms with E-state index < -0.39 is 0 Å². The minimum Gasteiger partial charge on any atom is -0.370 e. The lowest BCUT2D eigenvalue weighted by Crippen LogP contribution is -2.51. The molecule has 2 aliphatic heterocycles. The number of rotatable bonds is 4. The Bertz CT molecular complexity index is 860. The molecule has 2 aliphatic rings. The summed E-state index contributed by atoms with van der Waals surface area (Å²) in [6.07, 6.45) is 1.85. The van der Waals surface area contributed by atoms with E-state index in [1.165, 1.54) is 12.1 Å². The molecular weight excluding hydrogens is 508 g/mol. The van der Waals surface area contributed by atoms with Crippen LogP contribution in [0.3, 0.4) is 0 Å². The van der Waals surface area contributed by atoms with Gasteiger partial charge in [-0.1, -0.05) is 6.07 Å². The fourth-order valence-corrected chi connectivity index (χ4v) is 3.97. The Morgan fingerprint density at radius 2 is 1.61 bits per heavy atom. The molecule has 0 radical (unpaired) electrons. The molecule has 2 fully saturated rings. The average molecular weight is 539 g/mol. The zero-order valence-electron chi connectivity index (χ0n) is 18.0. The van der Waals surface area contributed by atoms with Crippen molar-refractivity contribution in [2.45, 2.75) is 6.54 Å². The number of nitrogens with zero attached hydrogens (tertiary/aromatic N) is 6. The number of pyridine rings is 1. The Hall–Kier alpha value is -2.14. The standard InChI is InChI=1S/C22H30FN7.HI/c1-27-9-11-29(12-10-27)21-18(3-2-8-25-21)17-26-22(24)30-15-13-28(14-16-30)20-6-4-19(23)5-7-20;/h2-8H,9-17H2,1H3,(H2,24,26);1H. The fourth-order valence-electron chi connectivity index (χ4n) is 3.97. The van der Waals surface area contributed by atoms with E-state index in [0.717, 1.165) is 69.4 Å². The highest BCUT2D eigenvalue weighted by Crippen LogP contribution is 2.20. The van der Waals surface area contributed by atoms with Crippen LogP contribution in [0.5, 0.6) is 0 Å². The predicted molar refractivity (Wildman–Crippen MR) is 135 cm³/mol. The molecule has 0 amide bonds. The Morgan fingerprint density at radius 3 is 2.29 bits per heavy atom. The molecule has 4 rings (SSSR count). The lowest BCUT2D eigenvalue weighted by Gasteiger charge is -2.36. The van der Waals surface area contributed by atoms with Gasteiger partial charge in [0.25, 0.3) is 0 Å². The van der Waals surface area contributed by atoms with Crippen molar-refractivity contribution in [1.82, 2.24) is 14.8 Å². The quantitative estimate of drug-likeness (QED) is 0.366. The van der Waals surface area contributed by atoms with Gasteiger partial charge in [0.05, 0.1) is 6.54 Å². The molecule has 31 heavy (non-hydrogen) atoms. The van der Waals surface area contributed by atoms with Crippen LogP contribution >= 0.6 is 24.0 Å². The zero-order chi connectivity index (χ0) is 20.9. The number of hydrogen-bond donors (Lipinski definition) is 1. The van der Waals surface area contributed by atoms with E-state index in [-0.39, 0.29) is 29.8 Å². The van der Waals surface area contributed by atoms with E-state index in [9.17, 15) is 4.39 Å². The normalized spacial score (nSPS) is 18.1. The second-order valence-corrected chi connectivity index (χ2v) is 7.90. The van der Waals surface area contributed by atoms with E-state index in [4.69, 9.17) is 5.73 Å². The number of aromatic nitrogens is 1. The Morgan fingerprint density at radius 1 is 0.968 bits per heavy atom. The van der Waals surface area contributed by atoms with Crippen molar-refractivity contribution in [3.63, 3.8) is 0 Å². The van der Waals surface area contributed by atoms with Crippen molar-refractivity contribution in [3.8, 4) is 0 Å². The molecule has 0 aliphatic carbocycles. The van der Waals surface area contributed by atoms with Crippen LogP contribution in [-0.4, -0.2) is 80.1 Å². The maximum Gasteiger partial charge on any atom is 0.191 e. The largest absolute Gasteiger partial charge is 0.370 e. The van der Waals surface area contributed by atoms with Crippen molar-refractivity contribution < 1.29 is 4.39 Å². The summed E-state index contributed by atoms with van der Waals surface area (Å²) in [7, 11) is 2.15. The van der Waals surface area contributed by atoms with Gasteiger partial charge in [0.1, 0.15) is 11.6 Å². The Labute approximate surface area is 200 Å². The summed E-state index contributed by atoms with van der Waals surface area (Å²) in [5.41, 5.74) is 8.46.